The van der Waals surface area contributed by atoms with Crippen LogP contribution < -0.4 is 0 Å². The third kappa shape index (κ3) is 2.91. The predicted molar refractivity (Wildman–Crippen MR) is 95.4 cm³/mol. The zero-order valence-corrected chi connectivity index (χ0v) is 14.1. The highest BCUT2D eigenvalue weighted by atomic mass is 19.4. The summed E-state index contributed by atoms with van der Waals surface area (Å²) in [6.45, 7) is 0. The van der Waals surface area contributed by atoms with Gasteiger partial charge in [-0.2, -0.15) is 13.2 Å². The number of H-pyrrole nitrogens is 1. The van der Waals surface area contributed by atoms with Crippen molar-refractivity contribution in [3.05, 3.63) is 65.7 Å². The number of carbonyl (C=O) groups excluding carboxylic acids is 1. The van der Waals surface area contributed by atoms with Crippen molar-refractivity contribution in [2.75, 3.05) is 7.11 Å². The quantitative estimate of drug-likeness (QED) is 0.494. The first-order valence-corrected chi connectivity index (χ1v) is 8.06. The molecular weight excluding hydrogens is 357 g/mol. The molecule has 136 valence electrons. The fraction of sp³-hybridized carbons (Fsp3) is 0.100. The van der Waals surface area contributed by atoms with Crippen LogP contribution in [-0.4, -0.2) is 23.0 Å². The topological polar surface area (TPSA) is 55.0 Å². The first-order chi connectivity index (χ1) is 12.9. The smallest absolute Gasteiger partial charge is 0.416 e. The average Bonchev–Trinajstić information content (AvgIpc) is 3.04. The predicted octanol–water partition coefficient (Wildman–Crippen LogP) is 5.19. The van der Waals surface area contributed by atoms with Crippen LogP contribution in [0.25, 0.3) is 33.2 Å². The van der Waals surface area contributed by atoms with Crippen molar-refractivity contribution in [3.8, 4) is 11.3 Å². The molecule has 7 heteroatoms. The lowest BCUT2D eigenvalue weighted by atomic mass is 10.0. The highest BCUT2D eigenvalue weighted by molar-refractivity contribution is 6.13. The van der Waals surface area contributed by atoms with Crippen LogP contribution in [0.3, 0.4) is 0 Å². The largest absolute Gasteiger partial charge is 0.465 e. The number of carbonyl (C=O) groups is 1. The molecule has 27 heavy (non-hydrogen) atoms. The second-order valence-corrected chi connectivity index (χ2v) is 6.02. The summed E-state index contributed by atoms with van der Waals surface area (Å²) >= 11 is 0. The van der Waals surface area contributed by atoms with Crippen molar-refractivity contribution in [1.29, 1.82) is 0 Å². The number of methoxy groups -OCH3 is 1. The Morgan fingerprint density at radius 3 is 2.59 bits per heavy atom. The van der Waals surface area contributed by atoms with E-state index in [1.165, 1.54) is 25.3 Å². The number of esters is 1. The van der Waals surface area contributed by atoms with Gasteiger partial charge in [-0.25, -0.2) is 9.78 Å². The molecule has 0 saturated carbocycles. The lowest BCUT2D eigenvalue weighted by Crippen LogP contribution is -2.06. The summed E-state index contributed by atoms with van der Waals surface area (Å²) in [5.74, 6) is -0.595. The number of rotatable bonds is 2. The van der Waals surface area contributed by atoms with Gasteiger partial charge in [0, 0.05) is 16.5 Å². The summed E-state index contributed by atoms with van der Waals surface area (Å²) in [5.41, 5.74) is 1.72. The standard InChI is InChI=1S/C20H13F3N2O2/c1-27-19(26)14-10-16(11-5-4-6-12(9-11)20(21,22)23)25-17-13-7-2-3-8-15(13)24-18(14)17/h2-10,24H,1H3. The maximum atomic E-state index is 13.1. The average molecular weight is 370 g/mol. The summed E-state index contributed by atoms with van der Waals surface area (Å²) in [7, 11) is 1.25. The Hall–Kier alpha value is -3.35. The number of hydrogen-bond donors (Lipinski definition) is 1. The number of alkyl halides is 3. The van der Waals surface area contributed by atoms with E-state index >= 15 is 0 Å². The van der Waals surface area contributed by atoms with Gasteiger partial charge in [0.2, 0.25) is 0 Å². The number of aromatic amines is 1. The SMILES string of the molecule is COC(=O)c1cc(-c2cccc(C(F)(F)F)c2)nc2c1[nH]c1ccccc12. The molecule has 0 bridgehead atoms. The molecule has 1 N–H and O–H groups in total. The fourth-order valence-electron chi connectivity index (χ4n) is 3.07. The number of halogens is 3. The number of nitrogens with zero attached hydrogens (tertiary/aromatic N) is 1. The molecule has 4 aromatic rings. The summed E-state index contributed by atoms with van der Waals surface area (Å²) in [4.78, 5) is 19.9. The van der Waals surface area contributed by atoms with Crippen LogP contribution in [0.4, 0.5) is 13.2 Å². The summed E-state index contributed by atoms with van der Waals surface area (Å²) < 4.78 is 44.0. The molecule has 0 aliphatic heterocycles. The van der Waals surface area contributed by atoms with Crippen molar-refractivity contribution in [1.82, 2.24) is 9.97 Å². The van der Waals surface area contributed by atoms with E-state index in [0.29, 0.717) is 11.0 Å². The maximum absolute atomic E-state index is 13.1. The summed E-state index contributed by atoms with van der Waals surface area (Å²) in [6, 6.07) is 13.6. The van der Waals surface area contributed by atoms with Gasteiger partial charge in [-0.05, 0) is 24.3 Å². The molecule has 2 aromatic heterocycles. The molecule has 4 rings (SSSR count). The number of benzene rings is 2. The second kappa shape index (κ2) is 6.12. The molecule has 2 aromatic carbocycles. The van der Waals surface area contributed by atoms with Crippen molar-refractivity contribution < 1.29 is 22.7 Å². The fourth-order valence-corrected chi connectivity index (χ4v) is 3.07. The van der Waals surface area contributed by atoms with Crippen LogP contribution in [0.15, 0.2) is 54.6 Å². The molecule has 0 aliphatic carbocycles. The van der Waals surface area contributed by atoms with Gasteiger partial charge >= 0.3 is 12.1 Å². The summed E-state index contributed by atoms with van der Waals surface area (Å²) in [5, 5.41) is 0.770. The molecule has 0 atom stereocenters. The number of para-hydroxylation sites is 1. The monoisotopic (exact) mass is 370 g/mol. The van der Waals surface area contributed by atoms with E-state index in [-0.39, 0.29) is 16.8 Å². The molecule has 0 aliphatic rings. The van der Waals surface area contributed by atoms with Crippen LogP contribution >= 0.6 is 0 Å². The van der Waals surface area contributed by atoms with Gasteiger partial charge in [0.05, 0.1) is 35.0 Å². The van der Waals surface area contributed by atoms with Gasteiger partial charge in [0.25, 0.3) is 0 Å². The first kappa shape index (κ1) is 17.1. The lowest BCUT2D eigenvalue weighted by Gasteiger charge is -2.10. The molecule has 2 heterocycles. The number of nitrogens with one attached hydrogen (secondary N) is 1. The van der Waals surface area contributed by atoms with Crippen molar-refractivity contribution in [3.63, 3.8) is 0 Å². The van der Waals surface area contributed by atoms with Crippen molar-refractivity contribution >= 4 is 27.9 Å². The van der Waals surface area contributed by atoms with Gasteiger partial charge < -0.3 is 9.72 Å². The van der Waals surface area contributed by atoms with Gasteiger partial charge in [-0.3, -0.25) is 0 Å². The van der Waals surface area contributed by atoms with Gasteiger partial charge in [0.1, 0.15) is 0 Å². The molecule has 0 radical (unpaired) electrons. The number of fused-ring (bicyclic) bond motifs is 3. The van der Waals surface area contributed by atoms with Crippen LogP contribution in [-0.2, 0) is 10.9 Å². The zero-order chi connectivity index (χ0) is 19.2. The Morgan fingerprint density at radius 2 is 1.85 bits per heavy atom. The van der Waals surface area contributed by atoms with E-state index in [1.807, 2.05) is 24.3 Å². The van der Waals surface area contributed by atoms with E-state index in [0.717, 1.165) is 23.0 Å². The highest BCUT2D eigenvalue weighted by Gasteiger charge is 2.30. The Balaban J connectivity index is 2.02. The van der Waals surface area contributed by atoms with Crippen molar-refractivity contribution in [2.45, 2.75) is 6.18 Å². The van der Waals surface area contributed by atoms with E-state index < -0.39 is 17.7 Å². The van der Waals surface area contributed by atoms with Crippen LogP contribution in [0.5, 0.6) is 0 Å². The van der Waals surface area contributed by atoms with Gasteiger partial charge in [-0.1, -0.05) is 30.3 Å². The molecule has 4 nitrogen and oxygen atoms in total. The Bertz CT molecular complexity index is 1180. The molecule has 0 amide bonds. The first-order valence-electron chi connectivity index (χ1n) is 8.06. The van der Waals surface area contributed by atoms with Gasteiger partial charge in [-0.15, -0.1) is 0 Å². The Morgan fingerprint density at radius 1 is 1.07 bits per heavy atom. The maximum Gasteiger partial charge on any atom is 0.416 e. The van der Waals surface area contributed by atoms with E-state index in [9.17, 15) is 18.0 Å². The molecule has 0 spiro atoms. The number of aromatic nitrogens is 2. The van der Waals surface area contributed by atoms with Crippen LogP contribution in [0, 0.1) is 0 Å². The second-order valence-electron chi connectivity index (χ2n) is 6.02. The van der Waals surface area contributed by atoms with Crippen molar-refractivity contribution in [2.24, 2.45) is 0 Å². The Kier molecular flexibility index (Phi) is 3.87. The summed E-state index contributed by atoms with van der Waals surface area (Å²) in [6.07, 6.45) is -4.47. The number of hydrogen-bond acceptors (Lipinski definition) is 3. The Labute approximate surface area is 151 Å². The number of ether oxygens (including phenoxy) is 1. The molecule has 0 fully saturated rings. The zero-order valence-electron chi connectivity index (χ0n) is 14.1. The van der Waals surface area contributed by atoms with E-state index in [1.54, 1.807) is 0 Å². The van der Waals surface area contributed by atoms with E-state index in [4.69, 9.17) is 4.74 Å². The number of pyridine rings is 1. The molecular formula is C20H13F3N2O2. The van der Waals surface area contributed by atoms with Crippen LogP contribution in [0.2, 0.25) is 0 Å². The van der Waals surface area contributed by atoms with E-state index in [2.05, 4.69) is 9.97 Å². The highest BCUT2D eigenvalue weighted by Crippen LogP contribution is 2.34. The van der Waals surface area contributed by atoms with Crippen LogP contribution in [0.1, 0.15) is 15.9 Å². The van der Waals surface area contributed by atoms with Gasteiger partial charge in [0.15, 0.2) is 0 Å². The normalized spacial score (nSPS) is 11.9. The lowest BCUT2D eigenvalue weighted by molar-refractivity contribution is -0.137. The minimum atomic E-state index is -4.47. The third-order valence-electron chi connectivity index (χ3n) is 4.35. The minimum Gasteiger partial charge on any atom is -0.465 e. The third-order valence-corrected chi connectivity index (χ3v) is 4.35. The molecule has 0 saturated heterocycles. The molecule has 0 unspecified atom stereocenters. The minimum absolute atomic E-state index is 0.214.